The molecule has 2 N–H and O–H groups in total. The fourth-order valence-corrected chi connectivity index (χ4v) is 1.86. The normalized spacial score (nSPS) is 10.9. The van der Waals surface area contributed by atoms with Gasteiger partial charge < -0.3 is 15.0 Å². The highest BCUT2D eigenvalue weighted by atomic mass is 79.9. The largest absolute Gasteiger partial charge is 0.370 e. The first-order valence-electron chi connectivity index (χ1n) is 5.37. The van der Waals surface area contributed by atoms with Gasteiger partial charge in [-0.25, -0.2) is 8.78 Å². The van der Waals surface area contributed by atoms with Crippen molar-refractivity contribution >= 4 is 15.9 Å². The van der Waals surface area contributed by atoms with Gasteiger partial charge >= 0.3 is 0 Å². The molecule has 0 aliphatic rings. The predicted octanol–water partition coefficient (Wildman–Crippen LogP) is 2.25. The first-order valence-corrected chi connectivity index (χ1v) is 6.17. The summed E-state index contributed by atoms with van der Waals surface area (Å²) in [5.41, 5.74) is 5.56. The molecule has 0 saturated heterocycles. The van der Waals surface area contributed by atoms with Crippen LogP contribution in [0.5, 0.6) is 0 Å². The lowest BCUT2D eigenvalue weighted by Crippen LogP contribution is -2.08. The summed E-state index contributed by atoms with van der Waals surface area (Å²) in [7, 11) is 0. The van der Waals surface area contributed by atoms with Gasteiger partial charge in [0.05, 0.1) is 11.1 Å². The molecule has 0 aliphatic carbocycles. The van der Waals surface area contributed by atoms with E-state index in [9.17, 15) is 8.78 Å². The average Bonchev–Trinajstić information content (AvgIpc) is 2.85. The molecular formula is C11H10BrF2N3O2. The molecule has 8 heteroatoms. The number of hydrogen-bond acceptors (Lipinski definition) is 5. The van der Waals surface area contributed by atoms with Gasteiger partial charge in [0.1, 0.15) is 6.61 Å². The van der Waals surface area contributed by atoms with Crippen molar-refractivity contribution in [3.8, 4) is 11.4 Å². The maximum atomic E-state index is 13.4. The standard InChI is InChI=1S/C11H10BrF2N3O2/c12-9-6(1-2-7(13)10(9)14)11-16-8(19-17-11)5-18-4-3-15/h1-2H,3-5,15H2. The van der Waals surface area contributed by atoms with Gasteiger partial charge in [-0.15, -0.1) is 0 Å². The van der Waals surface area contributed by atoms with Crippen LogP contribution < -0.4 is 5.73 Å². The van der Waals surface area contributed by atoms with Crippen LogP contribution in [0.1, 0.15) is 5.89 Å². The van der Waals surface area contributed by atoms with Gasteiger partial charge in [0.2, 0.25) is 5.82 Å². The summed E-state index contributed by atoms with van der Waals surface area (Å²) in [6, 6.07) is 2.36. The van der Waals surface area contributed by atoms with Gasteiger partial charge in [-0.3, -0.25) is 0 Å². The lowest BCUT2D eigenvalue weighted by Gasteiger charge is -2.01. The minimum absolute atomic E-state index is 0.0530. The van der Waals surface area contributed by atoms with E-state index in [2.05, 4.69) is 26.1 Å². The van der Waals surface area contributed by atoms with Crippen molar-refractivity contribution in [1.29, 1.82) is 0 Å². The Hall–Kier alpha value is -1.38. The van der Waals surface area contributed by atoms with Crippen LogP contribution in [0.4, 0.5) is 8.78 Å². The van der Waals surface area contributed by atoms with Crippen molar-refractivity contribution in [1.82, 2.24) is 10.1 Å². The number of nitrogens with zero attached hydrogens (tertiary/aromatic N) is 2. The van der Waals surface area contributed by atoms with Crippen molar-refractivity contribution in [2.24, 2.45) is 5.73 Å². The van der Waals surface area contributed by atoms with Gasteiger partial charge in [0, 0.05) is 12.1 Å². The summed E-state index contributed by atoms with van der Waals surface area (Å²) in [6.45, 7) is 0.869. The second-order valence-corrected chi connectivity index (χ2v) is 4.37. The maximum Gasteiger partial charge on any atom is 0.252 e. The number of rotatable bonds is 5. The third-order valence-corrected chi connectivity index (χ3v) is 3.01. The zero-order valence-corrected chi connectivity index (χ0v) is 11.3. The Morgan fingerprint density at radius 3 is 2.89 bits per heavy atom. The van der Waals surface area contributed by atoms with Crippen LogP contribution in [0.25, 0.3) is 11.4 Å². The molecule has 0 unspecified atom stereocenters. The van der Waals surface area contributed by atoms with Crippen molar-refractivity contribution in [3.05, 3.63) is 34.1 Å². The summed E-state index contributed by atoms with van der Waals surface area (Å²) < 4.78 is 36.4. The number of aromatic nitrogens is 2. The van der Waals surface area contributed by atoms with E-state index in [1.54, 1.807) is 0 Å². The third-order valence-electron chi connectivity index (χ3n) is 2.23. The van der Waals surface area contributed by atoms with Crippen LogP contribution in [0.2, 0.25) is 0 Å². The zero-order valence-electron chi connectivity index (χ0n) is 9.70. The van der Waals surface area contributed by atoms with E-state index in [-0.39, 0.29) is 22.8 Å². The molecule has 2 aromatic rings. The fraction of sp³-hybridized carbons (Fsp3) is 0.273. The fourth-order valence-electron chi connectivity index (χ4n) is 1.36. The van der Waals surface area contributed by atoms with Crippen molar-refractivity contribution < 1.29 is 18.0 Å². The molecule has 0 bridgehead atoms. The Bertz CT molecular complexity index is 577. The van der Waals surface area contributed by atoms with Crippen LogP contribution in [-0.4, -0.2) is 23.3 Å². The number of nitrogens with two attached hydrogens (primary N) is 1. The van der Waals surface area contributed by atoms with E-state index in [4.69, 9.17) is 15.0 Å². The SMILES string of the molecule is NCCOCc1nc(-c2ccc(F)c(F)c2Br)no1. The molecule has 0 atom stereocenters. The molecular weight excluding hydrogens is 324 g/mol. The molecule has 102 valence electrons. The quantitative estimate of drug-likeness (QED) is 0.671. The summed E-state index contributed by atoms with van der Waals surface area (Å²) >= 11 is 2.96. The number of halogens is 3. The summed E-state index contributed by atoms with van der Waals surface area (Å²) in [5.74, 6) is -1.56. The van der Waals surface area contributed by atoms with Gasteiger partial charge in [-0.05, 0) is 28.1 Å². The Balaban J connectivity index is 2.21. The average molecular weight is 334 g/mol. The Morgan fingerprint density at radius 2 is 2.16 bits per heavy atom. The summed E-state index contributed by atoms with van der Waals surface area (Å²) in [5, 5.41) is 3.68. The lowest BCUT2D eigenvalue weighted by molar-refractivity contribution is 0.104. The highest BCUT2D eigenvalue weighted by molar-refractivity contribution is 9.10. The van der Waals surface area contributed by atoms with E-state index in [1.807, 2.05) is 0 Å². The van der Waals surface area contributed by atoms with E-state index in [0.717, 1.165) is 6.07 Å². The Morgan fingerprint density at radius 1 is 1.37 bits per heavy atom. The Labute approximate surface area is 115 Å². The molecule has 0 saturated carbocycles. The zero-order chi connectivity index (χ0) is 13.8. The van der Waals surface area contributed by atoms with Crippen molar-refractivity contribution in [2.45, 2.75) is 6.61 Å². The molecule has 2 rings (SSSR count). The molecule has 5 nitrogen and oxygen atoms in total. The van der Waals surface area contributed by atoms with Crippen molar-refractivity contribution in [2.75, 3.05) is 13.2 Å². The number of ether oxygens (including phenoxy) is 1. The molecule has 0 spiro atoms. The highest BCUT2D eigenvalue weighted by Crippen LogP contribution is 2.29. The van der Waals surface area contributed by atoms with Crippen LogP contribution in [0.15, 0.2) is 21.1 Å². The maximum absolute atomic E-state index is 13.4. The topological polar surface area (TPSA) is 74.2 Å². The van der Waals surface area contributed by atoms with Crippen LogP contribution in [0, 0.1) is 11.6 Å². The smallest absolute Gasteiger partial charge is 0.252 e. The molecule has 0 amide bonds. The molecule has 0 aliphatic heterocycles. The van der Waals surface area contributed by atoms with E-state index < -0.39 is 11.6 Å². The first kappa shape index (κ1) is 14.0. The van der Waals surface area contributed by atoms with Crippen LogP contribution in [-0.2, 0) is 11.3 Å². The minimum Gasteiger partial charge on any atom is -0.370 e. The molecule has 1 aromatic carbocycles. The van der Waals surface area contributed by atoms with Gasteiger partial charge in [-0.1, -0.05) is 5.16 Å². The van der Waals surface area contributed by atoms with Gasteiger partial charge in [-0.2, -0.15) is 4.98 Å². The van der Waals surface area contributed by atoms with Crippen LogP contribution >= 0.6 is 15.9 Å². The first-order chi connectivity index (χ1) is 9.13. The second-order valence-electron chi connectivity index (χ2n) is 3.58. The number of hydrogen-bond donors (Lipinski definition) is 1. The minimum atomic E-state index is -0.997. The summed E-state index contributed by atoms with van der Waals surface area (Å²) in [4.78, 5) is 4.02. The molecule has 1 heterocycles. The van der Waals surface area contributed by atoms with Gasteiger partial charge in [0.25, 0.3) is 5.89 Å². The third kappa shape index (κ3) is 3.14. The summed E-state index contributed by atoms with van der Waals surface area (Å²) in [6.07, 6.45) is 0. The molecule has 0 fully saturated rings. The second kappa shape index (κ2) is 6.18. The molecule has 19 heavy (non-hydrogen) atoms. The van der Waals surface area contributed by atoms with Gasteiger partial charge in [0.15, 0.2) is 11.6 Å². The predicted molar refractivity (Wildman–Crippen MR) is 66.1 cm³/mol. The van der Waals surface area contributed by atoms with E-state index in [1.165, 1.54) is 6.07 Å². The molecule has 1 aromatic heterocycles. The van der Waals surface area contributed by atoms with E-state index in [0.29, 0.717) is 18.7 Å². The van der Waals surface area contributed by atoms with Crippen molar-refractivity contribution in [3.63, 3.8) is 0 Å². The number of benzene rings is 1. The highest BCUT2D eigenvalue weighted by Gasteiger charge is 2.17. The monoisotopic (exact) mass is 333 g/mol. The Kier molecular flexibility index (Phi) is 4.56. The molecule has 0 radical (unpaired) electrons. The van der Waals surface area contributed by atoms with E-state index >= 15 is 0 Å². The lowest BCUT2D eigenvalue weighted by atomic mass is 10.2. The van der Waals surface area contributed by atoms with Crippen LogP contribution in [0.3, 0.4) is 0 Å².